The van der Waals surface area contributed by atoms with E-state index in [1.807, 2.05) is 30.5 Å². The molecule has 0 saturated carbocycles. The van der Waals surface area contributed by atoms with Gasteiger partial charge in [-0.15, -0.1) is 0 Å². The van der Waals surface area contributed by atoms with Crippen molar-refractivity contribution in [2.24, 2.45) is 5.73 Å². The predicted molar refractivity (Wildman–Crippen MR) is 64.4 cm³/mol. The second-order valence-corrected chi connectivity index (χ2v) is 3.75. The number of hydrogen-bond acceptors (Lipinski definition) is 2. The zero-order valence-electron chi connectivity index (χ0n) is 9.39. The van der Waals surface area contributed by atoms with Crippen LogP contribution in [0, 0.1) is 0 Å². The Morgan fingerprint density at radius 3 is 2.81 bits per heavy atom. The van der Waals surface area contributed by atoms with Gasteiger partial charge in [0.2, 0.25) is 0 Å². The number of nitrogens with zero attached hydrogens (tertiary/aromatic N) is 1. The lowest BCUT2D eigenvalue weighted by Crippen LogP contribution is -1.98. The molecule has 0 amide bonds. The molecular weight excluding hydrogens is 200 g/mol. The van der Waals surface area contributed by atoms with E-state index in [4.69, 9.17) is 10.5 Å². The number of nitrogens with two attached hydrogens (primary N) is 1. The van der Waals surface area contributed by atoms with Gasteiger partial charge >= 0.3 is 0 Å². The van der Waals surface area contributed by atoms with Gasteiger partial charge < -0.3 is 15.0 Å². The molecule has 0 unspecified atom stereocenters. The van der Waals surface area contributed by atoms with Crippen LogP contribution in [-0.4, -0.2) is 11.7 Å². The molecule has 0 radical (unpaired) electrons. The summed E-state index contributed by atoms with van der Waals surface area (Å²) < 4.78 is 7.31. The summed E-state index contributed by atoms with van der Waals surface area (Å²) in [6.07, 6.45) is 4.11. The van der Waals surface area contributed by atoms with Crippen LogP contribution >= 0.6 is 0 Å². The van der Waals surface area contributed by atoms with Gasteiger partial charge in [-0.25, -0.2) is 0 Å². The summed E-state index contributed by atoms with van der Waals surface area (Å²) in [5.74, 6) is 0.892. The van der Waals surface area contributed by atoms with Crippen LogP contribution < -0.4 is 10.5 Å². The van der Waals surface area contributed by atoms with E-state index >= 15 is 0 Å². The number of aromatic nitrogens is 1. The lowest BCUT2D eigenvalue weighted by molar-refractivity contribution is 0.414. The summed E-state index contributed by atoms with van der Waals surface area (Å²) in [6.45, 7) is 1.43. The fraction of sp³-hybridized carbons (Fsp3) is 0.231. The van der Waals surface area contributed by atoms with E-state index < -0.39 is 0 Å². The van der Waals surface area contributed by atoms with E-state index in [1.165, 1.54) is 5.56 Å². The van der Waals surface area contributed by atoms with Crippen molar-refractivity contribution in [1.82, 2.24) is 4.57 Å². The molecule has 0 aliphatic carbocycles. The Bertz CT molecular complexity index is 462. The monoisotopic (exact) mass is 216 g/mol. The van der Waals surface area contributed by atoms with Crippen LogP contribution in [0.5, 0.6) is 5.75 Å². The Labute approximate surface area is 95.5 Å². The Morgan fingerprint density at radius 2 is 2.12 bits per heavy atom. The first kappa shape index (κ1) is 10.8. The first-order valence-electron chi connectivity index (χ1n) is 5.29. The molecule has 16 heavy (non-hydrogen) atoms. The summed E-state index contributed by atoms with van der Waals surface area (Å²) >= 11 is 0. The molecule has 0 saturated heterocycles. The highest BCUT2D eigenvalue weighted by Crippen LogP contribution is 2.14. The van der Waals surface area contributed by atoms with Gasteiger partial charge in [-0.3, -0.25) is 0 Å². The summed E-state index contributed by atoms with van der Waals surface area (Å²) in [4.78, 5) is 0. The molecule has 3 heteroatoms. The number of hydrogen-bond donors (Lipinski definition) is 1. The quantitative estimate of drug-likeness (QED) is 0.849. The first-order chi connectivity index (χ1) is 7.81. The minimum absolute atomic E-state index is 0.588. The van der Waals surface area contributed by atoms with Crippen LogP contribution in [0.4, 0.5) is 0 Å². The fourth-order valence-electron chi connectivity index (χ4n) is 1.69. The minimum atomic E-state index is 0.588. The second kappa shape index (κ2) is 4.86. The Morgan fingerprint density at radius 1 is 1.25 bits per heavy atom. The van der Waals surface area contributed by atoms with Gasteiger partial charge in [0.1, 0.15) is 5.75 Å². The summed E-state index contributed by atoms with van der Waals surface area (Å²) in [7, 11) is 1.68. The van der Waals surface area contributed by atoms with Crippen molar-refractivity contribution in [3.8, 4) is 5.75 Å². The van der Waals surface area contributed by atoms with Crippen LogP contribution in [0.15, 0.2) is 42.7 Å². The number of methoxy groups -OCH3 is 1. The van der Waals surface area contributed by atoms with Crippen molar-refractivity contribution in [2.75, 3.05) is 7.11 Å². The third kappa shape index (κ3) is 2.44. The molecular formula is C13H16N2O. The van der Waals surface area contributed by atoms with E-state index in [0.717, 1.165) is 17.9 Å². The molecule has 0 aliphatic heterocycles. The maximum absolute atomic E-state index is 5.57. The SMILES string of the molecule is COc1cccc(Cn2ccc(CN)c2)c1. The van der Waals surface area contributed by atoms with Crippen LogP contribution in [0.2, 0.25) is 0 Å². The van der Waals surface area contributed by atoms with Crippen molar-refractivity contribution in [3.63, 3.8) is 0 Å². The standard InChI is InChI=1S/C13H16N2O/c1-16-13-4-2-3-11(7-13)9-15-6-5-12(8-14)10-15/h2-7,10H,8-9,14H2,1H3. The molecule has 1 heterocycles. The van der Waals surface area contributed by atoms with Crippen molar-refractivity contribution < 1.29 is 4.74 Å². The Balaban J connectivity index is 2.13. The zero-order valence-corrected chi connectivity index (χ0v) is 9.39. The Kier molecular flexibility index (Phi) is 3.27. The summed E-state index contributed by atoms with van der Waals surface area (Å²) in [6, 6.07) is 10.1. The maximum Gasteiger partial charge on any atom is 0.119 e. The van der Waals surface area contributed by atoms with E-state index in [9.17, 15) is 0 Å². The van der Waals surface area contributed by atoms with Crippen molar-refractivity contribution in [1.29, 1.82) is 0 Å². The highest BCUT2D eigenvalue weighted by atomic mass is 16.5. The van der Waals surface area contributed by atoms with Crippen molar-refractivity contribution in [2.45, 2.75) is 13.1 Å². The van der Waals surface area contributed by atoms with E-state index in [0.29, 0.717) is 6.54 Å². The van der Waals surface area contributed by atoms with Crippen molar-refractivity contribution >= 4 is 0 Å². The lowest BCUT2D eigenvalue weighted by atomic mass is 10.2. The van der Waals surface area contributed by atoms with Gasteiger partial charge in [-0.05, 0) is 29.3 Å². The van der Waals surface area contributed by atoms with E-state index in [1.54, 1.807) is 7.11 Å². The van der Waals surface area contributed by atoms with Crippen molar-refractivity contribution in [3.05, 3.63) is 53.9 Å². The molecule has 2 aromatic rings. The highest BCUT2D eigenvalue weighted by molar-refractivity contribution is 5.28. The normalized spacial score (nSPS) is 10.4. The van der Waals surface area contributed by atoms with E-state index in [-0.39, 0.29) is 0 Å². The number of ether oxygens (including phenoxy) is 1. The number of benzene rings is 1. The average molecular weight is 216 g/mol. The van der Waals surface area contributed by atoms with Gasteiger partial charge in [0.25, 0.3) is 0 Å². The van der Waals surface area contributed by atoms with Crippen LogP contribution in [-0.2, 0) is 13.1 Å². The van der Waals surface area contributed by atoms with Gasteiger partial charge in [0, 0.05) is 25.5 Å². The van der Waals surface area contributed by atoms with Gasteiger partial charge in [-0.1, -0.05) is 12.1 Å². The highest BCUT2D eigenvalue weighted by Gasteiger charge is 1.98. The molecule has 0 aliphatic rings. The molecule has 2 rings (SSSR count). The largest absolute Gasteiger partial charge is 0.497 e. The molecule has 2 N–H and O–H groups in total. The minimum Gasteiger partial charge on any atom is -0.497 e. The molecule has 0 spiro atoms. The number of rotatable bonds is 4. The molecule has 0 atom stereocenters. The smallest absolute Gasteiger partial charge is 0.119 e. The second-order valence-electron chi connectivity index (χ2n) is 3.75. The third-order valence-corrected chi connectivity index (χ3v) is 2.55. The maximum atomic E-state index is 5.57. The molecule has 1 aromatic carbocycles. The molecule has 84 valence electrons. The van der Waals surface area contributed by atoms with Crippen LogP contribution in [0.1, 0.15) is 11.1 Å². The zero-order chi connectivity index (χ0) is 11.4. The third-order valence-electron chi connectivity index (χ3n) is 2.55. The molecule has 1 aromatic heterocycles. The predicted octanol–water partition coefficient (Wildman–Crippen LogP) is 2.00. The Hall–Kier alpha value is -1.74. The van der Waals surface area contributed by atoms with Gasteiger partial charge in [0.15, 0.2) is 0 Å². The van der Waals surface area contributed by atoms with Crippen LogP contribution in [0.3, 0.4) is 0 Å². The molecule has 0 fully saturated rings. The average Bonchev–Trinajstić information content (AvgIpc) is 2.77. The topological polar surface area (TPSA) is 40.2 Å². The lowest BCUT2D eigenvalue weighted by Gasteiger charge is -2.05. The van der Waals surface area contributed by atoms with Crippen LogP contribution in [0.25, 0.3) is 0 Å². The van der Waals surface area contributed by atoms with Gasteiger partial charge in [0.05, 0.1) is 7.11 Å². The molecule has 3 nitrogen and oxygen atoms in total. The fourth-order valence-corrected chi connectivity index (χ4v) is 1.69. The summed E-state index contributed by atoms with van der Waals surface area (Å²) in [5, 5.41) is 0. The van der Waals surface area contributed by atoms with E-state index in [2.05, 4.69) is 16.8 Å². The molecule has 0 bridgehead atoms. The van der Waals surface area contributed by atoms with Gasteiger partial charge in [-0.2, -0.15) is 0 Å². The first-order valence-corrected chi connectivity index (χ1v) is 5.29. The summed E-state index contributed by atoms with van der Waals surface area (Å²) in [5.41, 5.74) is 7.95.